The normalized spacial score (nSPS) is 20.9. The maximum Gasteiger partial charge on any atom is 0.329 e. The summed E-state index contributed by atoms with van der Waals surface area (Å²) in [5, 5.41) is 11.1. The monoisotopic (exact) mass is 243 g/mol. The van der Waals surface area contributed by atoms with Crippen LogP contribution in [-0.4, -0.2) is 36.7 Å². The fourth-order valence-electron chi connectivity index (χ4n) is 2.36. The molecule has 0 aromatic carbocycles. The number of carbonyl (C=O) groups excluding carboxylic acids is 1. The number of aliphatic carboxylic acids is 1. The summed E-state index contributed by atoms with van der Waals surface area (Å²) in [5.74, 6) is -0.950. The summed E-state index contributed by atoms with van der Waals surface area (Å²) in [4.78, 5) is 22.0. The molecular weight excluding hydrogens is 222 g/mol. The minimum Gasteiger partial charge on any atom is -0.480 e. The van der Waals surface area contributed by atoms with Crippen LogP contribution in [0, 0.1) is 16.7 Å². The Hall–Kier alpha value is -1.10. The van der Waals surface area contributed by atoms with Crippen molar-refractivity contribution in [1.29, 1.82) is 0 Å². The zero-order valence-corrected chi connectivity index (χ0v) is 10.9. The molecule has 0 unspecified atom stereocenters. The molecule has 1 aliphatic carbocycles. The zero-order chi connectivity index (χ0) is 13.3. The van der Waals surface area contributed by atoms with E-state index < -0.39 is 5.97 Å². The molecule has 0 aliphatic heterocycles. The van der Waals surface area contributed by atoms with Crippen LogP contribution >= 0.6 is 0 Å². The number of amides is 1. The predicted molar refractivity (Wildman–Crippen MR) is 62.5 cm³/mol. The Kier molecular flexibility index (Phi) is 3.81. The highest BCUT2D eigenvalue weighted by Gasteiger charge is 2.68. The molecule has 5 nitrogen and oxygen atoms in total. The summed E-state index contributed by atoms with van der Waals surface area (Å²) in [5.41, 5.74) is 0.0536. The van der Waals surface area contributed by atoms with Crippen molar-refractivity contribution in [3.8, 4) is 0 Å². The van der Waals surface area contributed by atoms with Crippen molar-refractivity contribution in [2.45, 2.75) is 27.7 Å². The summed E-state index contributed by atoms with van der Waals surface area (Å²) < 4.78 is 4.84. The highest BCUT2D eigenvalue weighted by Crippen LogP contribution is 2.68. The van der Waals surface area contributed by atoms with Gasteiger partial charge in [-0.3, -0.25) is 4.79 Å². The van der Waals surface area contributed by atoms with E-state index in [1.54, 1.807) is 0 Å². The maximum atomic E-state index is 11.9. The SMILES string of the molecule is CC1(C)C(C(=O)NCCOCC(=O)O)C1(C)C. The van der Waals surface area contributed by atoms with Crippen LogP contribution in [0.3, 0.4) is 0 Å². The van der Waals surface area contributed by atoms with Gasteiger partial charge >= 0.3 is 5.97 Å². The Morgan fingerprint density at radius 3 is 2.18 bits per heavy atom. The molecule has 1 fully saturated rings. The van der Waals surface area contributed by atoms with Crippen molar-refractivity contribution < 1.29 is 19.4 Å². The third-order valence-electron chi connectivity index (χ3n) is 4.05. The molecule has 0 spiro atoms. The van der Waals surface area contributed by atoms with E-state index in [2.05, 4.69) is 33.0 Å². The number of hydrogen-bond acceptors (Lipinski definition) is 3. The lowest BCUT2D eigenvalue weighted by Crippen LogP contribution is -2.31. The number of nitrogens with one attached hydrogen (secondary N) is 1. The first-order chi connectivity index (χ1) is 7.71. The molecule has 0 heterocycles. The largest absolute Gasteiger partial charge is 0.480 e. The molecule has 0 aromatic heterocycles. The second-order valence-electron chi connectivity index (χ2n) is 5.61. The summed E-state index contributed by atoms with van der Waals surface area (Å²) >= 11 is 0. The second kappa shape index (κ2) is 4.64. The summed E-state index contributed by atoms with van der Waals surface area (Å²) in [7, 11) is 0. The van der Waals surface area contributed by atoms with Gasteiger partial charge < -0.3 is 15.2 Å². The van der Waals surface area contributed by atoms with E-state index in [4.69, 9.17) is 9.84 Å². The van der Waals surface area contributed by atoms with E-state index in [1.165, 1.54) is 0 Å². The van der Waals surface area contributed by atoms with Crippen LogP contribution in [0.1, 0.15) is 27.7 Å². The first-order valence-electron chi connectivity index (χ1n) is 5.78. The Morgan fingerprint density at radius 1 is 1.24 bits per heavy atom. The molecule has 0 bridgehead atoms. The molecule has 1 amide bonds. The lowest BCUT2D eigenvalue weighted by Gasteiger charge is -2.06. The minimum absolute atomic E-state index is 0.0227. The Morgan fingerprint density at radius 2 is 1.76 bits per heavy atom. The van der Waals surface area contributed by atoms with E-state index in [9.17, 15) is 9.59 Å². The lowest BCUT2D eigenvalue weighted by molar-refractivity contribution is -0.142. The molecule has 0 radical (unpaired) electrons. The van der Waals surface area contributed by atoms with Crippen LogP contribution in [0.2, 0.25) is 0 Å². The molecule has 0 aromatic rings. The van der Waals surface area contributed by atoms with Crippen molar-refractivity contribution in [3.05, 3.63) is 0 Å². The zero-order valence-electron chi connectivity index (χ0n) is 10.9. The molecule has 17 heavy (non-hydrogen) atoms. The topological polar surface area (TPSA) is 75.6 Å². The van der Waals surface area contributed by atoms with Crippen LogP contribution in [0.5, 0.6) is 0 Å². The molecule has 5 heteroatoms. The maximum absolute atomic E-state index is 11.9. The van der Waals surface area contributed by atoms with Crippen LogP contribution in [0.4, 0.5) is 0 Å². The average molecular weight is 243 g/mol. The quantitative estimate of drug-likeness (QED) is 0.679. The Labute approximate surface area is 102 Å². The van der Waals surface area contributed by atoms with Crippen molar-refractivity contribution in [1.82, 2.24) is 5.32 Å². The Bertz CT molecular complexity index is 308. The first kappa shape index (κ1) is 14.0. The summed E-state index contributed by atoms with van der Waals surface area (Å²) in [6.45, 7) is 8.59. The molecule has 1 rings (SSSR count). The fraction of sp³-hybridized carbons (Fsp3) is 0.833. The number of rotatable bonds is 6. The lowest BCUT2D eigenvalue weighted by atomic mass is 10.0. The molecular formula is C12H21NO4. The van der Waals surface area contributed by atoms with E-state index in [1.807, 2.05) is 0 Å². The third kappa shape index (κ3) is 2.77. The van der Waals surface area contributed by atoms with Gasteiger partial charge in [0.15, 0.2) is 0 Å². The average Bonchev–Trinajstić information content (AvgIpc) is 2.56. The Balaban J connectivity index is 2.22. The van der Waals surface area contributed by atoms with E-state index in [0.717, 1.165) is 0 Å². The van der Waals surface area contributed by atoms with Gasteiger partial charge in [-0.15, -0.1) is 0 Å². The third-order valence-corrected chi connectivity index (χ3v) is 4.05. The van der Waals surface area contributed by atoms with Crippen molar-refractivity contribution in [3.63, 3.8) is 0 Å². The highest BCUT2D eigenvalue weighted by atomic mass is 16.5. The van der Waals surface area contributed by atoms with Gasteiger partial charge in [0.1, 0.15) is 6.61 Å². The standard InChI is InChI=1S/C12H21NO4/c1-11(2)9(12(11,3)4)10(16)13-5-6-17-7-8(14)15/h9H,5-7H2,1-4H3,(H,13,16)(H,14,15). The number of carboxylic acids is 1. The molecule has 1 aliphatic rings. The predicted octanol–water partition coefficient (Wildman–Crippen LogP) is 0.886. The van der Waals surface area contributed by atoms with Gasteiger partial charge in [-0.25, -0.2) is 4.79 Å². The first-order valence-corrected chi connectivity index (χ1v) is 5.78. The number of hydrogen-bond donors (Lipinski definition) is 2. The number of ether oxygens (including phenoxy) is 1. The number of carboxylic acid groups (broad SMARTS) is 1. The molecule has 2 N–H and O–H groups in total. The van der Waals surface area contributed by atoms with Gasteiger partial charge in [-0.05, 0) is 10.8 Å². The van der Waals surface area contributed by atoms with Gasteiger partial charge in [0.05, 0.1) is 6.61 Å². The van der Waals surface area contributed by atoms with Crippen LogP contribution in [0.15, 0.2) is 0 Å². The van der Waals surface area contributed by atoms with E-state index in [-0.39, 0.29) is 35.9 Å². The second-order valence-corrected chi connectivity index (χ2v) is 5.61. The molecule has 98 valence electrons. The van der Waals surface area contributed by atoms with Crippen molar-refractivity contribution in [2.24, 2.45) is 16.7 Å². The van der Waals surface area contributed by atoms with Gasteiger partial charge in [0.25, 0.3) is 0 Å². The minimum atomic E-state index is -0.999. The summed E-state index contributed by atoms with van der Waals surface area (Å²) in [6, 6.07) is 0. The van der Waals surface area contributed by atoms with Gasteiger partial charge in [0, 0.05) is 12.5 Å². The van der Waals surface area contributed by atoms with Crippen LogP contribution in [-0.2, 0) is 14.3 Å². The van der Waals surface area contributed by atoms with Gasteiger partial charge in [0.2, 0.25) is 5.91 Å². The highest BCUT2D eigenvalue weighted by molar-refractivity contribution is 5.84. The summed E-state index contributed by atoms with van der Waals surface area (Å²) in [6.07, 6.45) is 0. The molecule has 1 saturated carbocycles. The molecule has 0 atom stereocenters. The van der Waals surface area contributed by atoms with Gasteiger partial charge in [-0.2, -0.15) is 0 Å². The van der Waals surface area contributed by atoms with Crippen molar-refractivity contribution >= 4 is 11.9 Å². The smallest absolute Gasteiger partial charge is 0.329 e. The fourth-order valence-corrected chi connectivity index (χ4v) is 2.36. The van der Waals surface area contributed by atoms with Gasteiger partial charge in [-0.1, -0.05) is 27.7 Å². The van der Waals surface area contributed by atoms with E-state index >= 15 is 0 Å². The molecule has 0 saturated heterocycles. The van der Waals surface area contributed by atoms with Crippen LogP contribution < -0.4 is 5.32 Å². The number of carbonyl (C=O) groups is 2. The van der Waals surface area contributed by atoms with E-state index in [0.29, 0.717) is 6.54 Å². The van der Waals surface area contributed by atoms with Crippen molar-refractivity contribution in [2.75, 3.05) is 19.8 Å². The van der Waals surface area contributed by atoms with Crippen LogP contribution in [0.25, 0.3) is 0 Å².